The maximum Gasteiger partial charge on any atom is 0.312 e. The van der Waals surface area contributed by atoms with Crippen LogP contribution in [0.4, 0.5) is 0 Å². The van der Waals surface area contributed by atoms with Gasteiger partial charge in [0, 0.05) is 0 Å². The molecule has 17 heteroatoms. The van der Waals surface area contributed by atoms with E-state index in [1.807, 2.05) is 0 Å². The summed E-state index contributed by atoms with van der Waals surface area (Å²) in [7, 11) is 0. The first-order chi connectivity index (χ1) is 29.8. The topological polar surface area (TPSA) is 275 Å². The number of aliphatic carboxylic acids is 1. The van der Waals surface area contributed by atoms with Gasteiger partial charge >= 0.3 is 5.97 Å². The van der Waals surface area contributed by atoms with Crippen LogP contribution >= 0.6 is 0 Å². The zero-order valence-corrected chi connectivity index (χ0v) is 38.7. The van der Waals surface area contributed by atoms with E-state index in [1.165, 1.54) is 12.5 Å². The first-order valence-corrected chi connectivity index (χ1v) is 23.7. The van der Waals surface area contributed by atoms with Crippen LogP contribution in [0.3, 0.4) is 0 Å². The number of rotatable bonds is 8. The number of allylic oxidation sites excluding steroid dienone is 2. The average molecular weight is 913 g/mol. The van der Waals surface area contributed by atoms with Crippen LogP contribution in [0.15, 0.2) is 11.6 Å². The van der Waals surface area contributed by atoms with Gasteiger partial charge in [0.1, 0.15) is 66.5 Å². The minimum absolute atomic E-state index is 0.0370. The van der Waals surface area contributed by atoms with Gasteiger partial charge in [-0.05, 0) is 110 Å². The lowest BCUT2D eigenvalue weighted by Crippen LogP contribution is -2.68. The fraction of sp³-hybridized carbons (Fsp3) is 0.936. The van der Waals surface area contributed by atoms with Crippen LogP contribution in [-0.4, -0.2) is 168 Å². The van der Waals surface area contributed by atoms with E-state index >= 15 is 0 Å². The van der Waals surface area contributed by atoms with E-state index in [1.54, 1.807) is 0 Å². The monoisotopic (exact) mass is 913 g/mol. The smallest absolute Gasteiger partial charge is 0.312 e. The van der Waals surface area contributed by atoms with E-state index in [9.17, 15) is 55.9 Å². The van der Waals surface area contributed by atoms with Crippen molar-refractivity contribution < 1.29 is 84.3 Å². The highest BCUT2D eigenvalue weighted by Gasteiger charge is 2.71. The molecule has 5 aliphatic carbocycles. The Morgan fingerprint density at radius 3 is 2.06 bits per heavy atom. The second kappa shape index (κ2) is 16.9. The molecule has 8 rings (SSSR count). The molecule has 4 saturated carbocycles. The standard InChI is InChI=1S/C47H76O17/c1-21-30(51)36(63-38-34(55)33(54)32(53)25(19-48)61-38)35(56)39(60-21)64-37-31(52)24(49)20-59-40(37)62-29-12-13-44(6)26(43(29,4)5)11-14-45(7)27(44)10-9-22-23-17-42(2,3)15-16-47(23,41(57)58)28(50)18-46(22,45)8/h9,21,23-40,48-56H,10-20H2,1-8H3,(H,57,58)/t21-,23-,24-,25-,26+,27-,28-,29+,30-,31-,32-,33+,34-,35+,36+,37+,38+,39+,40-,44+,45-,46-,47-/m1/s1. The van der Waals surface area contributed by atoms with E-state index in [0.717, 1.165) is 38.5 Å². The van der Waals surface area contributed by atoms with Crippen molar-refractivity contribution in [1.29, 1.82) is 0 Å². The van der Waals surface area contributed by atoms with Crippen LogP contribution in [0.5, 0.6) is 0 Å². The second-order valence-electron chi connectivity index (χ2n) is 23.1. The Morgan fingerprint density at radius 1 is 0.719 bits per heavy atom. The molecule has 64 heavy (non-hydrogen) atoms. The molecule has 366 valence electrons. The van der Waals surface area contributed by atoms with Crippen molar-refractivity contribution in [3.05, 3.63) is 11.6 Å². The molecule has 0 aromatic carbocycles. The largest absolute Gasteiger partial charge is 0.481 e. The number of hydrogen-bond acceptors (Lipinski definition) is 16. The van der Waals surface area contributed by atoms with E-state index in [-0.39, 0.29) is 40.6 Å². The summed E-state index contributed by atoms with van der Waals surface area (Å²) in [5.41, 5.74) is -1.17. The zero-order chi connectivity index (χ0) is 46.9. The minimum atomic E-state index is -1.81. The van der Waals surface area contributed by atoms with Crippen molar-refractivity contribution >= 4 is 5.97 Å². The molecule has 7 fully saturated rings. The number of fused-ring (bicyclic) bond motifs is 7. The first-order valence-electron chi connectivity index (χ1n) is 23.7. The van der Waals surface area contributed by atoms with Gasteiger partial charge in [0.15, 0.2) is 18.9 Å². The van der Waals surface area contributed by atoms with Crippen LogP contribution in [0.2, 0.25) is 0 Å². The van der Waals surface area contributed by atoms with Crippen molar-refractivity contribution in [2.45, 2.75) is 211 Å². The molecule has 0 spiro atoms. The van der Waals surface area contributed by atoms with E-state index in [2.05, 4.69) is 54.5 Å². The molecule has 0 bridgehead atoms. The van der Waals surface area contributed by atoms with E-state index in [0.29, 0.717) is 19.3 Å². The maximum atomic E-state index is 13.2. The lowest BCUT2D eigenvalue weighted by Gasteiger charge is -2.71. The Hall–Kier alpha value is -1.39. The minimum Gasteiger partial charge on any atom is -0.481 e. The molecule has 10 N–H and O–H groups in total. The average Bonchev–Trinajstić information content (AvgIpc) is 3.21. The summed E-state index contributed by atoms with van der Waals surface area (Å²) >= 11 is 0. The number of carbonyl (C=O) groups is 1. The highest BCUT2D eigenvalue weighted by Crippen LogP contribution is 2.76. The zero-order valence-electron chi connectivity index (χ0n) is 38.7. The molecule has 0 radical (unpaired) electrons. The fourth-order valence-corrected chi connectivity index (χ4v) is 14.9. The van der Waals surface area contributed by atoms with Gasteiger partial charge in [-0.1, -0.05) is 60.1 Å². The first kappa shape index (κ1) is 49.0. The molecular formula is C47H76O17. The second-order valence-corrected chi connectivity index (χ2v) is 23.1. The van der Waals surface area contributed by atoms with Gasteiger partial charge in [-0.25, -0.2) is 0 Å². The lowest BCUT2D eigenvalue weighted by molar-refractivity contribution is -0.382. The molecule has 17 nitrogen and oxygen atoms in total. The molecule has 0 aromatic rings. The van der Waals surface area contributed by atoms with Gasteiger partial charge in [-0.2, -0.15) is 0 Å². The molecular weight excluding hydrogens is 837 g/mol. The quantitative estimate of drug-likeness (QED) is 0.122. The fourth-order valence-electron chi connectivity index (χ4n) is 14.9. The van der Waals surface area contributed by atoms with Gasteiger partial charge < -0.3 is 79.5 Å². The number of carboxylic acid groups (broad SMARTS) is 1. The van der Waals surface area contributed by atoms with Crippen LogP contribution in [0, 0.1) is 50.2 Å². The Kier molecular flexibility index (Phi) is 13.0. The highest BCUT2D eigenvalue weighted by atomic mass is 16.8. The third-order valence-corrected chi connectivity index (χ3v) is 19.0. The maximum absolute atomic E-state index is 13.2. The summed E-state index contributed by atoms with van der Waals surface area (Å²) in [6, 6.07) is 0. The van der Waals surface area contributed by atoms with E-state index in [4.69, 9.17) is 28.4 Å². The molecule has 0 aromatic heterocycles. The number of ether oxygens (including phenoxy) is 6. The third kappa shape index (κ3) is 7.40. The number of hydrogen-bond donors (Lipinski definition) is 10. The van der Waals surface area contributed by atoms with Crippen LogP contribution < -0.4 is 0 Å². The predicted octanol–water partition coefficient (Wildman–Crippen LogP) is 1.34. The summed E-state index contributed by atoms with van der Waals surface area (Å²) in [6.45, 7) is 16.4. The molecule has 3 heterocycles. The van der Waals surface area contributed by atoms with Gasteiger partial charge in [0.05, 0.1) is 31.5 Å². The van der Waals surface area contributed by atoms with Crippen molar-refractivity contribution in [2.24, 2.45) is 50.2 Å². The SMILES string of the molecule is C[C@H]1O[C@@H](O[C@@H]2[C@@H](O[C@H]3CC[C@]4(C)[C@H]5CC=C6[C@H]7CC(C)(C)CC[C@]7(C(=O)O)[C@H](O)C[C@@]6(C)[C@]5(C)CC[C@H]4C3(C)C)OC[C@@H](O)[C@H]2O)[C@@H](O)[C@@H](O[C@@H]2O[C@H](CO)[C@@H](O)[C@H](O)[C@H]2O)[C@@H]1O. The third-order valence-electron chi connectivity index (χ3n) is 19.0. The van der Waals surface area contributed by atoms with Crippen LogP contribution in [0.25, 0.3) is 0 Å². The molecule has 23 atom stereocenters. The number of aliphatic hydroxyl groups is 9. The number of aliphatic hydroxyl groups excluding tert-OH is 9. The molecule has 3 aliphatic heterocycles. The van der Waals surface area contributed by atoms with Gasteiger partial charge in [-0.15, -0.1) is 0 Å². The molecule has 0 unspecified atom stereocenters. The predicted molar refractivity (Wildman–Crippen MR) is 225 cm³/mol. The van der Waals surface area contributed by atoms with Crippen molar-refractivity contribution in [3.8, 4) is 0 Å². The van der Waals surface area contributed by atoms with Crippen molar-refractivity contribution in [2.75, 3.05) is 13.2 Å². The van der Waals surface area contributed by atoms with Gasteiger partial charge in [-0.3, -0.25) is 4.79 Å². The molecule has 0 amide bonds. The number of carboxylic acids is 1. The highest BCUT2D eigenvalue weighted by molar-refractivity contribution is 5.77. The Bertz CT molecular complexity index is 1760. The Labute approximate surface area is 376 Å². The van der Waals surface area contributed by atoms with Crippen LogP contribution in [0.1, 0.15) is 113 Å². The van der Waals surface area contributed by atoms with Crippen molar-refractivity contribution in [1.82, 2.24) is 0 Å². The summed E-state index contributed by atoms with van der Waals surface area (Å²) in [6.07, 6.45) is -13.8. The summed E-state index contributed by atoms with van der Waals surface area (Å²) < 4.78 is 36.3. The normalized spacial score (nSPS) is 54.6. The molecule has 8 aliphatic rings. The Balaban J connectivity index is 1.01. The lowest BCUT2D eigenvalue weighted by atomic mass is 9.33. The summed E-state index contributed by atoms with van der Waals surface area (Å²) in [5.74, 6) is -0.697. The van der Waals surface area contributed by atoms with E-state index < -0.39 is 127 Å². The van der Waals surface area contributed by atoms with Gasteiger partial charge in [0.25, 0.3) is 0 Å². The summed E-state index contributed by atoms with van der Waals surface area (Å²) in [4.78, 5) is 13.2. The van der Waals surface area contributed by atoms with Crippen LogP contribution in [-0.2, 0) is 33.2 Å². The Morgan fingerprint density at radius 2 is 1.39 bits per heavy atom. The van der Waals surface area contributed by atoms with Crippen molar-refractivity contribution in [3.63, 3.8) is 0 Å². The summed E-state index contributed by atoms with van der Waals surface area (Å²) in [5, 5.41) is 108. The molecule has 3 saturated heterocycles. The van der Waals surface area contributed by atoms with Gasteiger partial charge in [0.2, 0.25) is 0 Å².